The van der Waals surface area contributed by atoms with Gasteiger partial charge in [-0.3, -0.25) is 15.5 Å². The Hall–Kier alpha value is -2.21. The zero-order chi connectivity index (χ0) is 13.0. The molecule has 0 unspecified atom stereocenters. The van der Waals surface area contributed by atoms with Gasteiger partial charge in [-0.05, 0) is 24.4 Å². The summed E-state index contributed by atoms with van der Waals surface area (Å²) in [6, 6.07) is 10.3. The quantitative estimate of drug-likeness (QED) is 0.520. The molecule has 0 bridgehead atoms. The van der Waals surface area contributed by atoms with E-state index in [4.69, 9.17) is 0 Å². The summed E-state index contributed by atoms with van der Waals surface area (Å²) >= 11 is 1.57. The van der Waals surface area contributed by atoms with E-state index >= 15 is 0 Å². The Morgan fingerprint density at radius 3 is 2.78 bits per heavy atom. The molecule has 2 aromatic rings. The van der Waals surface area contributed by atoms with Crippen LogP contribution in [0.2, 0.25) is 0 Å². The lowest BCUT2D eigenvalue weighted by Gasteiger charge is -2.02. The fraction of sp³-hybridized carbons (Fsp3) is 0.0833. The minimum absolute atomic E-state index is 0.0141. The van der Waals surface area contributed by atoms with Crippen molar-refractivity contribution in [2.75, 3.05) is 5.43 Å². The molecule has 6 heteroatoms. The summed E-state index contributed by atoms with van der Waals surface area (Å²) in [5.74, 6) is 0. The van der Waals surface area contributed by atoms with Gasteiger partial charge in [-0.1, -0.05) is 18.2 Å². The van der Waals surface area contributed by atoms with Crippen LogP contribution in [0.3, 0.4) is 0 Å². The number of nitrogens with zero attached hydrogens (tertiary/aromatic N) is 2. The third kappa shape index (κ3) is 2.72. The minimum atomic E-state index is -0.432. The van der Waals surface area contributed by atoms with Crippen molar-refractivity contribution in [3.05, 3.63) is 56.8 Å². The van der Waals surface area contributed by atoms with Crippen LogP contribution in [-0.2, 0) is 0 Å². The topological polar surface area (TPSA) is 67.5 Å². The van der Waals surface area contributed by atoms with E-state index in [1.165, 1.54) is 6.07 Å². The Morgan fingerprint density at radius 2 is 2.11 bits per heavy atom. The second-order valence-electron chi connectivity index (χ2n) is 3.56. The van der Waals surface area contributed by atoms with Gasteiger partial charge in [0.1, 0.15) is 5.69 Å². The lowest BCUT2D eigenvalue weighted by molar-refractivity contribution is -0.384. The van der Waals surface area contributed by atoms with Crippen LogP contribution in [0.15, 0.2) is 46.9 Å². The number of nitro groups is 1. The summed E-state index contributed by atoms with van der Waals surface area (Å²) in [7, 11) is 0. The van der Waals surface area contributed by atoms with Crippen molar-refractivity contribution in [1.82, 2.24) is 0 Å². The van der Waals surface area contributed by atoms with Gasteiger partial charge in [-0.15, -0.1) is 11.3 Å². The van der Waals surface area contributed by atoms with Crippen molar-refractivity contribution < 1.29 is 4.92 Å². The molecule has 0 saturated carbocycles. The molecule has 0 fully saturated rings. The Balaban J connectivity index is 2.20. The summed E-state index contributed by atoms with van der Waals surface area (Å²) in [6.07, 6.45) is 0. The molecule has 92 valence electrons. The third-order valence-electron chi connectivity index (χ3n) is 2.32. The normalized spacial score (nSPS) is 11.3. The number of hydrogen-bond acceptors (Lipinski definition) is 5. The monoisotopic (exact) mass is 261 g/mol. The number of benzene rings is 1. The highest BCUT2D eigenvalue weighted by atomic mass is 32.1. The molecule has 1 aromatic carbocycles. The van der Waals surface area contributed by atoms with Crippen LogP contribution >= 0.6 is 11.3 Å². The predicted molar refractivity (Wildman–Crippen MR) is 73.2 cm³/mol. The van der Waals surface area contributed by atoms with Crippen LogP contribution in [0.5, 0.6) is 0 Å². The molecule has 0 aliphatic carbocycles. The molecule has 0 aliphatic rings. The van der Waals surface area contributed by atoms with E-state index in [-0.39, 0.29) is 5.69 Å². The van der Waals surface area contributed by atoms with Gasteiger partial charge in [-0.2, -0.15) is 5.10 Å². The van der Waals surface area contributed by atoms with Crippen LogP contribution in [0.1, 0.15) is 11.8 Å². The summed E-state index contributed by atoms with van der Waals surface area (Å²) in [6.45, 7) is 1.85. The number of nitro benzene ring substituents is 1. The maximum Gasteiger partial charge on any atom is 0.294 e. The third-order valence-corrected chi connectivity index (χ3v) is 3.30. The standard InChI is InChI=1S/C12H11N3O2S/c1-9(12-7-4-8-18-12)13-14-10-5-2-3-6-11(10)15(16)17/h2-8,14H,1H3/b13-9-. The Morgan fingerprint density at radius 1 is 1.33 bits per heavy atom. The highest BCUT2D eigenvalue weighted by Crippen LogP contribution is 2.23. The van der Waals surface area contributed by atoms with Crippen molar-refractivity contribution in [3.8, 4) is 0 Å². The van der Waals surface area contributed by atoms with E-state index in [0.29, 0.717) is 5.69 Å². The summed E-state index contributed by atoms with van der Waals surface area (Å²) in [5, 5.41) is 16.9. The van der Waals surface area contributed by atoms with Crippen molar-refractivity contribution >= 4 is 28.4 Å². The minimum Gasteiger partial charge on any atom is -0.271 e. The van der Waals surface area contributed by atoms with Crippen molar-refractivity contribution in [2.24, 2.45) is 5.10 Å². The molecule has 0 aliphatic heterocycles. The molecule has 5 nitrogen and oxygen atoms in total. The van der Waals surface area contributed by atoms with E-state index in [9.17, 15) is 10.1 Å². The second-order valence-corrected chi connectivity index (χ2v) is 4.51. The maximum absolute atomic E-state index is 10.8. The van der Waals surface area contributed by atoms with Gasteiger partial charge in [-0.25, -0.2) is 0 Å². The first-order valence-corrected chi connectivity index (χ1v) is 6.14. The molecular weight excluding hydrogens is 250 g/mol. The van der Waals surface area contributed by atoms with Gasteiger partial charge in [0.05, 0.1) is 10.6 Å². The van der Waals surface area contributed by atoms with E-state index in [1.54, 1.807) is 29.5 Å². The van der Waals surface area contributed by atoms with Crippen LogP contribution in [0.4, 0.5) is 11.4 Å². The molecule has 18 heavy (non-hydrogen) atoms. The van der Waals surface area contributed by atoms with Gasteiger partial charge in [0, 0.05) is 10.9 Å². The van der Waals surface area contributed by atoms with Crippen molar-refractivity contribution in [3.63, 3.8) is 0 Å². The Bertz CT molecular complexity index is 579. The average Bonchev–Trinajstić information content (AvgIpc) is 2.90. The summed E-state index contributed by atoms with van der Waals surface area (Å²) < 4.78 is 0. The van der Waals surface area contributed by atoms with Gasteiger partial charge >= 0.3 is 0 Å². The molecule has 2 rings (SSSR count). The van der Waals surface area contributed by atoms with Crippen LogP contribution < -0.4 is 5.43 Å². The van der Waals surface area contributed by atoms with Crippen LogP contribution in [-0.4, -0.2) is 10.6 Å². The number of hydrogen-bond donors (Lipinski definition) is 1. The van der Waals surface area contributed by atoms with E-state index in [1.807, 2.05) is 24.4 Å². The van der Waals surface area contributed by atoms with Gasteiger partial charge < -0.3 is 0 Å². The highest BCUT2D eigenvalue weighted by molar-refractivity contribution is 7.12. The SMILES string of the molecule is C/C(=N/Nc1ccccc1[N+](=O)[O-])c1cccs1. The summed E-state index contributed by atoms with van der Waals surface area (Å²) in [5.41, 5.74) is 3.93. The zero-order valence-corrected chi connectivity index (χ0v) is 10.5. The Kier molecular flexibility index (Phi) is 3.69. The number of rotatable bonds is 4. The number of thiophene rings is 1. The predicted octanol–water partition coefficient (Wildman–Crippen LogP) is 3.49. The molecule has 0 amide bonds. The number of hydrazone groups is 1. The molecule has 1 N–H and O–H groups in total. The van der Waals surface area contributed by atoms with E-state index in [0.717, 1.165) is 10.6 Å². The lowest BCUT2D eigenvalue weighted by atomic mass is 10.3. The molecule has 1 aromatic heterocycles. The van der Waals surface area contributed by atoms with Gasteiger partial charge in [0.15, 0.2) is 0 Å². The number of anilines is 1. The average molecular weight is 261 g/mol. The van der Waals surface area contributed by atoms with E-state index < -0.39 is 4.92 Å². The molecule has 0 atom stereocenters. The molecular formula is C12H11N3O2S. The summed E-state index contributed by atoms with van der Waals surface area (Å²) in [4.78, 5) is 11.4. The zero-order valence-electron chi connectivity index (χ0n) is 9.66. The second kappa shape index (κ2) is 5.42. The molecule has 0 saturated heterocycles. The number of nitrogens with one attached hydrogen (secondary N) is 1. The van der Waals surface area contributed by atoms with Crippen molar-refractivity contribution in [1.29, 1.82) is 0 Å². The number of para-hydroxylation sites is 2. The maximum atomic E-state index is 10.8. The van der Waals surface area contributed by atoms with Crippen LogP contribution in [0, 0.1) is 10.1 Å². The van der Waals surface area contributed by atoms with E-state index in [2.05, 4.69) is 10.5 Å². The van der Waals surface area contributed by atoms with Gasteiger partial charge in [0.25, 0.3) is 5.69 Å². The molecule has 1 heterocycles. The van der Waals surface area contributed by atoms with Crippen LogP contribution in [0.25, 0.3) is 0 Å². The largest absolute Gasteiger partial charge is 0.294 e. The lowest BCUT2D eigenvalue weighted by Crippen LogP contribution is -2.00. The first kappa shape index (κ1) is 12.3. The molecule has 0 radical (unpaired) electrons. The first-order chi connectivity index (χ1) is 8.68. The highest BCUT2D eigenvalue weighted by Gasteiger charge is 2.11. The fourth-order valence-corrected chi connectivity index (χ4v) is 2.09. The molecule has 0 spiro atoms. The van der Waals surface area contributed by atoms with Gasteiger partial charge in [0.2, 0.25) is 0 Å². The fourth-order valence-electron chi connectivity index (χ4n) is 1.41. The first-order valence-electron chi connectivity index (χ1n) is 5.26. The Labute approximate surface area is 108 Å². The van der Waals surface area contributed by atoms with Crippen molar-refractivity contribution in [2.45, 2.75) is 6.92 Å². The smallest absolute Gasteiger partial charge is 0.271 e.